The second-order valence-corrected chi connectivity index (χ2v) is 7.56. The van der Waals surface area contributed by atoms with Crippen LogP contribution in [0.25, 0.3) is 0 Å². The Morgan fingerprint density at radius 2 is 1.63 bits per heavy atom. The number of likely N-dealkylation sites (tertiary alicyclic amines) is 1. The number of nitrogens with zero attached hydrogens (tertiary/aromatic N) is 1. The second kappa shape index (κ2) is 10.5. The molecule has 3 amide bonds. The molecular formula is C23H28N4O3. The lowest BCUT2D eigenvalue weighted by molar-refractivity contribution is -0.126. The zero-order valence-corrected chi connectivity index (χ0v) is 17.0. The van der Waals surface area contributed by atoms with E-state index in [1.165, 1.54) is 0 Å². The number of nitrogens with two attached hydrogens (primary N) is 1. The van der Waals surface area contributed by atoms with Gasteiger partial charge in [0.25, 0.3) is 0 Å². The zero-order chi connectivity index (χ0) is 21.3. The van der Waals surface area contributed by atoms with Crippen molar-refractivity contribution in [1.29, 1.82) is 0 Å². The van der Waals surface area contributed by atoms with E-state index in [9.17, 15) is 14.4 Å². The molecule has 1 heterocycles. The van der Waals surface area contributed by atoms with Crippen molar-refractivity contribution >= 4 is 23.4 Å². The third-order valence-corrected chi connectivity index (χ3v) is 5.38. The summed E-state index contributed by atoms with van der Waals surface area (Å²) < 4.78 is 0. The standard InChI is InChI=1S/C23H28N4O3/c24-22(29)18-6-8-20(9-7-18)26-21(28)12-15-27-13-10-19(11-14-27)23(30)25-16-17-4-2-1-3-5-17/h1-9,19H,10-16H2,(H2,24,29)(H,25,30)(H,26,28). The number of piperidine rings is 1. The topological polar surface area (TPSA) is 105 Å². The van der Waals surface area contributed by atoms with Crippen molar-refractivity contribution in [3.05, 3.63) is 65.7 Å². The molecule has 30 heavy (non-hydrogen) atoms. The highest BCUT2D eigenvalue weighted by atomic mass is 16.2. The molecule has 0 radical (unpaired) electrons. The van der Waals surface area contributed by atoms with Crippen LogP contribution in [0.15, 0.2) is 54.6 Å². The van der Waals surface area contributed by atoms with Gasteiger partial charge in [-0.05, 0) is 55.8 Å². The molecule has 1 saturated heterocycles. The number of carbonyl (C=O) groups excluding carboxylic acids is 3. The van der Waals surface area contributed by atoms with E-state index in [-0.39, 0.29) is 17.7 Å². The average molecular weight is 409 g/mol. The van der Waals surface area contributed by atoms with Gasteiger partial charge in [-0.15, -0.1) is 0 Å². The van der Waals surface area contributed by atoms with Crippen molar-refractivity contribution in [2.45, 2.75) is 25.8 Å². The van der Waals surface area contributed by atoms with Gasteiger partial charge in [-0.2, -0.15) is 0 Å². The molecule has 0 aliphatic carbocycles. The van der Waals surface area contributed by atoms with E-state index >= 15 is 0 Å². The van der Waals surface area contributed by atoms with Gasteiger partial charge in [0.15, 0.2) is 0 Å². The number of primary amides is 1. The van der Waals surface area contributed by atoms with Crippen LogP contribution < -0.4 is 16.4 Å². The summed E-state index contributed by atoms with van der Waals surface area (Å²) in [5, 5.41) is 5.85. The Morgan fingerprint density at radius 1 is 0.967 bits per heavy atom. The predicted molar refractivity (Wildman–Crippen MR) is 116 cm³/mol. The third-order valence-electron chi connectivity index (χ3n) is 5.38. The first kappa shape index (κ1) is 21.5. The van der Waals surface area contributed by atoms with Crippen LogP contribution in [0.3, 0.4) is 0 Å². The van der Waals surface area contributed by atoms with Gasteiger partial charge >= 0.3 is 0 Å². The zero-order valence-electron chi connectivity index (χ0n) is 17.0. The van der Waals surface area contributed by atoms with Crippen LogP contribution in [0.4, 0.5) is 5.69 Å². The van der Waals surface area contributed by atoms with Gasteiger partial charge in [-0.25, -0.2) is 0 Å². The molecule has 2 aromatic carbocycles. The van der Waals surface area contributed by atoms with Crippen LogP contribution in [-0.4, -0.2) is 42.3 Å². The van der Waals surface area contributed by atoms with Gasteiger partial charge in [-0.3, -0.25) is 14.4 Å². The normalized spacial score (nSPS) is 14.8. The lowest BCUT2D eigenvalue weighted by Crippen LogP contribution is -2.41. The number of hydrogen-bond acceptors (Lipinski definition) is 4. The van der Waals surface area contributed by atoms with Gasteiger partial charge in [0.1, 0.15) is 0 Å². The molecule has 0 saturated carbocycles. The molecule has 1 fully saturated rings. The summed E-state index contributed by atoms with van der Waals surface area (Å²) in [6.07, 6.45) is 1.98. The molecule has 0 spiro atoms. The van der Waals surface area contributed by atoms with Crippen LogP contribution in [0.2, 0.25) is 0 Å². The SMILES string of the molecule is NC(=O)c1ccc(NC(=O)CCN2CCC(C(=O)NCc3ccccc3)CC2)cc1. The second-order valence-electron chi connectivity index (χ2n) is 7.56. The fourth-order valence-corrected chi connectivity index (χ4v) is 3.55. The molecule has 3 rings (SSSR count). The third kappa shape index (κ3) is 6.42. The molecule has 7 heteroatoms. The van der Waals surface area contributed by atoms with Gasteiger partial charge in [0, 0.05) is 36.7 Å². The minimum absolute atomic E-state index is 0.0301. The average Bonchev–Trinajstić information content (AvgIpc) is 2.77. The van der Waals surface area contributed by atoms with Gasteiger partial charge in [0.2, 0.25) is 17.7 Å². The van der Waals surface area contributed by atoms with E-state index in [4.69, 9.17) is 5.73 Å². The number of carbonyl (C=O) groups is 3. The van der Waals surface area contributed by atoms with Gasteiger partial charge in [0.05, 0.1) is 0 Å². The van der Waals surface area contributed by atoms with Crippen LogP contribution in [0.5, 0.6) is 0 Å². The predicted octanol–water partition coefficient (Wildman–Crippen LogP) is 2.14. The Balaban J connectivity index is 1.34. The van der Waals surface area contributed by atoms with Crippen molar-refractivity contribution in [3.8, 4) is 0 Å². The lowest BCUT2D eigenvalue weighted by Gasteiger charge is -2.31. The van der Waals surface area contributed by atoms with E-state index in [1.807, 2.05) is 30.3 Å². The van der Waals surface area contributed by atoms with Crippen LogP contribution in [0, 0.1) is 5.92 Å². The molecule has 7 nitrogen and oxygen atoms in total. The smallest absolute Gasteiger partial charge is 0.248 e. The van der Waals surface area contributed by atoms with Crippen LogP contribution >= 0.6 is 0 Å². The summed E-state index contributed by atoms with van der Waals surface area (Å²) in [5.74, 6) is -0.437. The summed E-state index contributed by atoms with van der Waals surface area (Å²) in [6, 6.07) is 16.4. The molecule has 0 aromatic heterocycles. The van der Waals surface area contributed by atoms with Crippen LogP contribution in [-0.2, 0) is 16.1 Å². The van der Waals surface area contributed by atoms with E-state index < -0.39 is 5.91 Å². The Hall–Kier alpha value is -3.19. The van der Waals surface area contributed by atoms with E-state index in [1.54, 1.807) is 24.3 Å². The first-order valence-corrected chi connectivity index (χ1v) is 10.2. The molecule has 0 unspecified atom stereocenters. The number of rotatable bonds is 8. The molecule has 1 aliphatic rings. The highest BCUT2D eigenvalue weighted by molar-refractivity contribution is 5.94. The maximum atomic E-state index is 12.4. The van der Waals surface area contributed by atoms with Gasteiger partial charge < -0.3 is 21.3 Å². The number of benzene rings is 2. The number of amides is 3. The summed E-state index contributed by atoms with van der Waals surface area (Å²) in [7, 11) is 0. The highest BCUT2D eigenvalue weighted by Crippen LogP contribution is 2.18. The first-order valence-electron chi connectivity index (χ1n) is 10.2. The van der Waals surface area contributed by atoms with Gasteiger partial charge in [-0.1, -0.05) is 30.3 Å². The Kier molecular flexibility index (Phi) is 7.57. The Bertz CT molecular complexity index is 860. The van der Waals surface area contributed by atoms with Crippen molar-refractivity contribution in [1.82, 2.24) is 10.2 Å². The number of hydrogen-bond donors (Lipinski definition) is 3. The quantitative estimate of drug-likeness (QED) is 0.622. The molecule has 1 aliphatic heterocycles. The maximum Gasteiger partial charge on any atom is 0.248 e. The number of anilines is 1. The summed E-state index contributed by atoms with van der Waals surface area (Å²) in [5.41, 5.74) is 7.35. The van der Waals surface area contributed by atoms with Crippen molar-refractivity contribution in [2.75, 3.05) is 25.0 Å². The fraction of sp³-hybridized carbons (Fsp3) is 0.348. The fourth-order valence-electron chi connectivity index (χ4n) is 3.55. The Morgan fingerprint density at radius 3 is 2.27 bits per heavy atom. The minimum atomic E-state index is -0.495. The molecule has 0 bridgehead atoms. The van der Waals surface area contributed by atoms with Crippen molar-refractivity contribution in [2.24, 2.45) is 11.7 Å². The largest absolute Gasteiger partial charge is 0.366 e. The molecular weight excluding hydrogens is 380 g/mol. The van der Waals surface area contributed by atoms with E-state index in [0.29, 0.717) is 30.8 Å². The first-order chi connectivity index (χ1) is 14.5. The highest BCUT2D eigenvalue weighted by Gasteiger charge is 2.24. The van der Waals surface area contributed by atoms with Crippen LogP contribution in [0.1, 0.15) is 35.2 Å². The molecule has 158 valence electrons. The van der Waals surface area contributed by atoms with Crippen molar-refractivity contribution < 1.29 is 14.4 Å². The minimum Gasteiger partial charge on any atom is -0.366 e. The molecule has 0 atom stereocenters. The lowest BCUT2D eigenvalue weighted by atomic mass is 9.95. The van der Waals surface area contributed by atoms with Crippen molar-refractivity contribution in [3.63, 3.8) is 0 Å². The van der Waals surface area contributed by atoms with E-state index in [2.05, 4.69) is 15.5 Å². The summed E-state index contributed by atoms with van der Waals surface area (Å²) in [4.78, 5) is 37.9. The molecule has 4 N–H and O–H groups in total. The molecule has 2 aromatic rings. The van der Waals surface area contributed by atoms with E-state index in [0.717, 1.165) is 31.5 Å². The monoisotopic (exact) mass is 408 g/mol. The Labute approximate surface area is 176 Å². The maximum absolute atomic E-state index is 12.4. The number of nitrogens with one attached hydrogen (secondary N) is 2. The summed E-state index contributed by atoms with van der Waals surface area (Å²) >= 11 is 0. The summed E-state index contributed by atoms with van der Waals surface area (Å²) in [6.45, 7) is 2.83.